The van der Waals surface area contributed by atoms with E-state index in [2.05, 4.69) is 0 Å². The quantitative estimate of drug-likeness (QED) is 0.439. The number of nitrogen functional groups attached to an aromatic ring is 1. The fraction of sp³-hybridized carbons (Fsp3) is 0. The molecule has 126 valence electrons. The number of aromatic nitrogens is 1. The van der Waals surface area contributed by atoms with Crippen LogP contribution in [0.2, 0.25) is 5.02 Å². The van der Waals surface area contributed by atoms with Crippen LogP contribution in [-0.2, 0) is 0 Å². The molecule has 1 heterocycles. The Balaban J connectivity index is 2.13. The molecule has 7 heteroatoms. The zero-order valence-corrected chi connectivity index (χ0v) is 13.4. The number of nitrogens with zero attached hydrogens (tertiary/aromatic N) is 1. The van der Waals surface area contributed by atoms with E-state index in [1.54, 1.807) is 24.3 Å². The average Bonchev–Trinajstić information content (AvgIpc) is 2.56. The molecule has 2 N–H and O–H groups in total. The molecule has 0 spiro atoms. The van der Waals surface area contributed by atoms with E-state index in [4.69, 9.17) is 17.3 Å². The number of carbonyl (C=O) groups excluding carboxylic acids is 1. The van der Waals surface area contributed by atoms with E-state index in [1.807, 2.05) is 0 Å². The van der Waals surface area contributed by atoms with Crippen LogP contribution in [0.5, 0.6) is 0 Å². The summed E-state index contributed by atoms with van der Waals surface area (Å²) in [5.74, 6) is -2.54. The molecule has 0 radical (unpaired) electrons. The summed E-state index contributed by atoms with van der Waals surface area (Å²) in [7, 11) is 0. The van der Waals surface area contributed by atoms with Gasteiger partial charge >= 0.3 is 0 Å². The van der Waals surface area contributed by atoms with Gasteiger partial charge in [-0.05, 0) is 36.4 Å². The van der Waals surface area contributed by atoms with Crippen molar-refractivity contribution >= 4 is 23.1 Å². The molecule has 0 aliphatic rings. The van der Waals surface area contributed by atoms with Crippen LogP contribution < -0.4 is 10.5 Å². The van der Waals surface area contributed by atoms with Gasteiger partial charge in [0.05, 0.1) is 11.1 Å². The van der Waals surface area contributed by atoms with Crippen molar-refractivity contribution in [3.8, 4) is 11.3 Å². The first kappa shape index (κ1) is 16.9. The summed E-state index contributed by atoms with van der Waals surface area (Å²) in [6, 6.07) is 10.1. The molecular formula is C18H11ClF2N2O2. The second-order valence-corrected chi connectivity index (χ2v) is 5.71. The van der Waals surface area contributed by atoms with Crippen LogP contribution in [0.25, 0.3) is 11.3 Å². The van der Waals surface area contributed by atoms with Crippen LogP contribution in [0.3, 0.4) is 0 Å². The van der Waals surface area contributed by atoms with Crippen molar-refractivity contribution in [3.05, 3.63) is 87.7 Å². The van der Waals surface area contributed by atoms with Crippen molar-refractivity contribution in [2.24, 2.45) is 0 Å². The van der Waals surface area contributed by atoms with Crippen LogP contribution in [-0.4, -0.2) is 5.78 Å². The minimum Gasteiger partial charge on any atom is -0.618 e. The fourth-order valence-electron chi connectivity index (χ4n) is 2.46. The maximum Gasteiger partial charge on any atom is 0.247 e. The average molecular weight is 361 g/mol. The molecule has 4 nitrogen and oxygen atoms in total. The third-order valence-corrected chi connectivity index (χ3v) is 3.93. The van der Waals surface area contributed by atoms with Gasteiger partial charge in [-0.3, -0.25) is 4.79 Å². The first-order chi connectivity index (χ1) is 11.9. The summed E-state index contributed by atoms with van der Waals surface area (Å²) in [6.07, 6.45) is 1.11. The number of rotatable bonds is 3. The summed E-state index contributed by atoms with van der Waals surface area (Å²) in [4.78, 5) is 12.6. The van der Waals surface area contributed by atoms with Gasteiger partial charge in [0.1, 0.15) is 17.3 Å². The highest BCUT2D eigenvalue weighted by Gasteiger charge is 2.24. The van der Waals surface area contributed by atoms with Gasteiger partial charge in [-0.2, -0.15) is 4.73 Å². The Bertz CT molecular complexity index is 976. The predicted molar refractivity (Wildman–Crippen MR) is 90.1 cm³/mol. The van der Waals surface area contributed by atoms with E-state index < -0.39 is 17.4 Å². The van der Waals surface area contributed by atoms with Gasteiger partial charge in [0.25, 0.3) is 0 Å². The molecule has 0 saturated heterocycles. The largest absolute Gasteiger partial charge is 0.618 e. The Labute approximate surface area is 146 Å². The van der Waals surface area contributed by atoms with Gasteiger partial charge in [0, 0.05) is 22.7 Å². The Morgan fingerprint density at radius 2 is 1.72 bits per heavy atom. The topological polar surface area (TPSA) is 70.0 Å². The lowest BCUT2D eigenvalue weighted by Crippen LogP contribution is -2.31. The summed E-state index contributed by atoms with van der Waals surface area (Å²) < 4.78 is 27.4. The second-order valence-electron chi connectivity index (χ2n) is 5.28. The van der Waals surface area contributed by atoms with Gasteiger partial charge in [-0.15, -0.1) is 0 Å². The molecule has 0 aliphatic heterocycles. The highest BCUT2D eigenvalue weighted by molar-refractivity contribution is 6.30. The number of anilines is 1. The smallest absolute Gasteiger partial charge is 0.247 e. The molecule has 0 bridgehead atoms. The number of hydrogen-bond donors (Lipinski definition) is 1. The zero-order chi connectivity index (χ0) is 18.1. The van der Waals surface area contributed by atoms with Crippen LogP contribution in [0.1, 0.15) is 15.9 Å². The molecule has 0 atom stereocenters. The summed E-state index contributed by atoms with van der Waals surface area (Å²) in [6.45, 7) is 0. The van der Waals surface area contributed by atoms with Crippen LogP contribution in [0, 0.1) is 16.8 Å². The normalized spacial score (nSPS) is 10.7. The van der Waals surface area contributed by atoms with E-state index in [0.717, 1.165) is 18.3 Å². The predicted octanol–water partition coefficient (Wildman–Crippen LogP) is 3.73. The van der Waals surface area contributed by atoms with E-state index in [0.29, 0.717) is 21.4 Å². The summed E-state index contributed by atoms with van der Waals surface area (Å²) >= 11 is 5.83. The third kappa shape index (κ3) is 3.16. The molecule has 0 unspecified atom stereocenters. The standard InChI is InChI=1S/C18H11ClF2N2O2/c19-11-3-1-10(2-4-11)17-16(22)14(7-8-23(17)25)18(24)13-6-5-12(20)9-15(13)21/h1-9H,22H2. The van der Waals surface area contributed by atoms with Crippen molar-refractivity contribution in [1.29, 1.82) is 0 Å². The number of nitrogens with two attached hydrogens (primary N) is 1. The third-order valence-electron chi connectivity index (χ3n) is 3.68. The summed E-state index contributed by atoms with van der Waals surface area (Å²) in [5.41, 5.74) is 6.01. The number of halogens is 3. The van der Waals surface area contributed by atoms with E-state index >= 15 is 0 Å². The van der Waals surface area contributed by atoms with Crippen LogP contribution in [0.15, 0.2) is 54.7 Å². The molecular weight excluding hydrogens is 350 g/mol. The van der Waals surface area contributed by atoms with Gasteiger partial charge in [-0.1, -0.05) is 11.6 Å². The van der Waals surface area contributed by atoms with Gasteiger partial charge in [-0.25, -0.2) is 8.78 Å². The van der Waals surface area contributed by atoms with E-state index in [1.165, 1.54) is 6.07 Å². The van der Waals surface area contributed by atoms with Crippen LogP contribution >= 0.6 is 11.6 Å². The molecule has 0 fully saturated rings. The second kappa shape index (κ2) is 6.49. The van der Waals surface area contributed by atoms with Crippen molar-refractivity contribution < 1.29 is 18.3 Å². The molecule has 3 aromatic rings. The molecule has 25 heavy (non-hydrogen) atoms. The van der Waals surface area contributed by atoms with Crippen molar-refractivity contribution in [2.75, 3.05) is 5.73 Å². The highest BCUT2D eigenvalue weighted by Crippen LogP contribution is 2.28. The Morgan fingerprint density at radius 1 is 1.04 bits per heavy atom. The number of benzene rings is 2. The SMILES string of the molecule is Nc1c(C(=O)c2ccc(F)cc2F)cc[n+]([O-])c1-c1ccc(Cl)cc1. The number of pyridine rings is 1. The number of hydrogen-bond acceptors (Lipinski definition) is 3. The Hall–Kier alpha value is -2.99. The van der Waals surface area contributed by atoms with E-state index in [-0.39, 0.29) is 22.5 Å². The van der Waals surface area contributed by atoms with Gasteiger partial charge in [0.2, 0.25) is 5.69 Å². The molecule has 1 aromatic heterocycles. The minimum absolute atomic E-state index is 0.0463. The molecule has 0 saturated carbocycles. The summed E-state index contributed by atoms with van der Waals surface area (Å²) in [5, 5.41) is 12.6. The Morgan fingerprint density at radius 3 is 2.36 bits per heavy atom. The maximum absolute atomic E-state index is 13.9. The number of ketones is 1. The fourth-order valence-corrected chi connectivity index (χ4v) is 2.59. The minimum atomic E-state index is -1.00. The van der Waals surface area contributed by atoms with Gasteiger partial charge in [0.15, 0.2) is 12.0 Å². The van der Waals surface area contributed by atoms with Crippen molar-refractivity contribution in [3.63, 3.8) is 0 Å². The molecule has 3 rings (SSSR count). The monoisotopic (exact) mass is 360 g/mol. The first-order valence-corrected chi connectivity index (χ1v) is 7.53. The molecule has 2 aromatic carbocycles. The van der Waals surface area contributed by atoms with Gasteiger partial charge < -0.3 is 10.9 Å². The van der Waals surface area contributed by atoms with Crippen LogP contribution in [0.4, 0.5) is 14.5 Å². The molecule has 0 aliphatic carbocycles. The maximum atomic E-state index is 13.9. The highest BCUT2D eigenvalue weighted by atomic mass is 35.5. The number of carbonyl (C=O) groups is 1. The lowest BCUT2D eigenvalue weighted by Gasteiger charge is -2.11. The van der Waals surface area contributed by atoms with E-state index in [9.17, 15) is 18.8 Å². The zero-order valence-electron chi connectivity index (χ0n) is 12.7. The lowest BCUT2D eigenvalue weighted by molar-refractivity contribution is -0.593. The Kier molecular flexibility index (Phi) is 4.37. The molecule has 0 amide bonds. The first-order valence-electron chi connectivity index (χ1n) is 7.16. The van der Waals surface area contributed by atoms with Crippen molar-refractivity contribution in [1.82, 2.24) is 0 Å². The van der Waals surface area contributed by atoms with Crippen molar-refractivity contribution in [2.45, 2.75) is 0 Å². The lowest BCUT2D eigenvalue weighted by atomic mass is 9.99.